The molecular formula is C11H17N3O. The summed E-state index contributed by atoms with van der Waals surface area (Å²) in [4.78, 5) is 10.4. The summed E-state index contributed by atoms with van der Waals surface area (Å²) in [6, 6.07) is 0. The summed E-state index contributed by atoms with van der Waals surface area (Å²) in [6.45, 7) is 4.36. The van der Waals surface area contributed by atoms with Crippen molar-refractivity contribution in [3.05, 3.63) is 18.1 Å². The lowest BCUT2D eigenvalue weighted by Crippen LogP contribution is -2.34. The predicted molar refractivity (Wildman–Crippen MR) is 58.6 cm³/mol. The van der Waals surface area contributed by atoms with Gasteiger partial charge in [-0.05, 0) is 18.8 Å². The lowest BCUT2D eigenvalue weighted by Gasteiger charge is -2.32. The summed E-state index contributed by atoms with van der Waals surface area (Å²) in [5, 5.41) is 9.19. The third kappa shape index (κ3) is 2.26. The minimum atomic E-state index is 0.0161. The van der Waals surface area contributed by atoms with Crippen LogP contribution in [-0.4, -0.2) is 28.2 Å². The quantitative estimate of drug-likeness (QED) is 0.791. The Labute approximate surface area is 90.0 Å². The van der Waals surface area contributed by atoms with E-state index in [1.807, 2.05) is 0 Å². The first kappa shape index (κ1) is 10.4. The maximum atomic E-state index is 9.19. The molecule has 0 bridgehead atoms. The average Bonchev–Trinajstić information content (AvgIpc) is 2.30. The highest BCUT2D eigenvalue weighted by molar-refractivity contribution is 5.45. The molecule has 0 radical (unpaired) electrons. The molecule has 4 nitrogen and oxygen atoms in total. The van der Waals surface area contributed by atoms with Crippen LogP contribution in [-0.2, 0) is 6.61 Å². The van der Waals surface area contributed by atoms with Crippen LogP contribution in [0.25, 0.3) is 0 Å². The van der Waals surface area contributed by atoms with Crippen LogP contribution in [0.1, 0.15) is 25.3 Å². The molecule has 15 heavy (non-hydrogen) atoms. The summed E-state index contributed by atoms with van der Waals surface area (Å²) in [5.41, 5.74) is 0.826. The molecule has 0 aliphatic carbocycles. The van der Waals surface area contributed by atoms with E-state index in [2.05, 4.69) is 21.8 Å². The van der Waals surface area contributed by atoms with Crippen molar-refractivity contribution in [2.24, 2.45) is 5.92 Å². The van der Waals surface area contributed by atoms with Gasteiger partial charge in [0.05, 0.1) is 6.61 Å². The Morgan fingerprint density at radius 2 is 2.20 bits per heavy atom. The molecule has 0 atom stereocenters. The molecule has 4 heteroatoms. The fourth-order valence-electron chi connectivity index (χ4n) is 1.97. The Morgan fingerprint density at radius 1 is 1.47 bits per heavy atom. The molecule has 0 spiro atoms. The third-order valence-corrected chi connectivity index (χ3v) is 3.02. The van der Waals surface area contributed by atoms with E-state index < -0.39 is 0 Å². The molecule has 0 amide bonds. The second-order valence-electron chi connectivity index (χ2n) is 4.20. The summed E-state index contributed by atoms with van der Waals surface area (Å²) in [6.07, 6.45) is 5.65. The minimum Gasteiger partial charge on any atom is -0.391 e. The van der Waals surface area contributed by atoms with Gasteiger partial charge in [-0.3, -0.25) is 0 Å². The number of hydrogen-bond donors (Lipinski definition) is 1. The normalized spacial score (nSPS) is 18.1. The Bertz CT molecular complexity index is 321. The zero-order valence-electron chi connectivity index (χ0n) is 9.06. The lowest BCUT2D eigenvalue weighted by atomic mass is 9.99. The molecule has 1 fully saturated rings. The van der Waals surface area contributed by atoms with Crippen LogP contribution in [0.3, 0.4) is 0 Å². The number of nitrogens with zero attached hydrogens (tertiary/aromatic N) is 3. The van der Waals surface area contributed by atoms with Gasteiger partial charge in [0, 0.05) is 24.8 Å². The fraction of sp³-hybridized carbons (Fsp3) is 0.636. The van der Waals surface area contributed by atoms with Crippen molar-refractivity contribution < 1.29 is 5.11 Å². The predicted octanol–water partition coefficient (Wildman–Crippen LogP) is 1.21. The summed E-state index contributed by atoms with van der Waals surface area (Å²) >= 11 is 0. The molecular weight excluding hydrogens is 190 g/mol. The lowest BCUT2D eigenvalue weighted by molar-refractivity contribution is 0.280. The van der Waals surface area contributed by atoms with E-state index in [0.29, 0.717) is 0 Å². The van der Waals surface area contributed by atoms with Gasteiger partial charge in [0.25, 0.3) is 0 Å². The summed E-state index contributed by atoms with van der Waals surface area (Å²) in [7, 11) is 0. The van der Waals surface area contributed by atoms with E-state index in [0.717, 1.165) is 30.4 Å². The molecule has 0 saturated carbocycles. The molecule has 1 aliphatic heterocycles. The van der Waals surface area contributed by atoms with Crippen molar-refractivity contribution >= 4 is 5.82 Å². The largest absolute Gasteiger partial charge is 0.391 e. The standard InChI is InChI=1S/C11H17N3O/c1-9-2-4-14(5-3-9)11-10(7-15)6-12-8-13-11/h6,8-9,15H,2-5,7H2,1H3. The van der Waals surface area contributed by atoms with Gasteiger partial charge >= 0.3 is 0 Å². The molecule has 1 aromatic heterocycles. The Morgan fingerprint density at radius 3 is 2.87 bits per heavy atom. The van der Waals surface area contributed by atoms with Crippen LogP contribution in [0.5, 0.6) is 0 Å². The van der Waals surface area contributed by atoms with E-state index in [1.165, 1.54) is 12.8 Å². The number of hydrogen-bond acceptors (Lipinski definition) is 4. The molecule has 1 saturated heterocycles. The van der Waals surface area contributed by atoms with Crippen molar-refractivity contribution in [2.45, 2.75) is 26.4 Å². The minimum absolute atomic E-state index is 0.0161. The molecule has 1 N–H and O–H groups in total. The van der Waals surface area contributed by atoms with E-state index in [9.17, 15) is 5.11 Å². The molecule has 2 heterocycles. The van der Waals surface area contributed by atoms with Crippen molar-refractivity contribution in [3.63, 3.8) is 0 Å². The number of aromatic nitrogens is 2. The highest BCUT2D eigenvalue weighted by atomic mass is 16.3. The molecule has 0 aromatic carbocycles. The van der Waals surface area contributed by atoms with Gasteiger partial charge in [-0.15, -0.1) is 0 Å². The average molecular weight is 207 g/mol. The smallest absolute Gasteiger partial charge is 0.137 e. The molecule has 82 valence electrons. The molecule has 2 rings (SSSR count). The maximum Gasteiger partial charge on any atom is 0.137 e. The van der Waals surface area contributed by atoms with Crippen LogP contribution in [0, 0.1) is 5.92 Å². The van der Waals surface area contributed by atoms with Crippen LogP contribution < -0.4 is 4.90 Å². The van der Waals surface area contributed by atoms with E-state index in [-0.39, 0.29) is 6.61 Å². The molecule has 1 aromatic rings. The topological polar surface area (TPSA) is 49.2 Å². The van der Waals surface area contributed by atoms with Crippen LogP contribution in [0.4, 0.5) is 5.82 Å². The third-order valence-electron chi connectivity index (χ3n) is 3.02. The van der Waals surface area contributed by atoms with Crippen molar-refractivity contribution in [2.75, 3.05) is 18.0 Å². The number of piperidine rings is 1. The highest BCUT2D eigenvalue weighted by Gasteiger charge is 2.18. The molecule has 1 aliphatic rings. The van der Waals surface area contributed by atoms with Crippen molar-refractivity contribution in [3.8, 4) is 0 Å². The molecule has 0 unspecified atom stereocenters. The number of anilines is 1. The first-order valence-electron chi connectivity index (χ1n) is 5.46. The monoisotopic (exact) mass is 207 g/mol. The van der Waals surface area contributed by atoms with Gasteiger partial charge in [0.1, 0.15) is 12.1 Å². The second-order valence-corrected chi connectivity index (χ2v) is 4.20. The summed E-state index contributed by atoms with van der Waals surface area (Å²) in [5.74, 6) is 1.71. The van der Waals surface area contributed by atoms with Gasteiger partial charge in [-0.1, -0.05) is 6.92 Å². The highest BCUT2D eigenvalue weighted by Crippen LogP contribution is 2.23. The Balaban J connectivity index is 2.15. The van der Waals surface area contributed by atoms with Gasteiger partial charge in [-0.25, -0.2) is 9.97 Å². The van der Waals surface area contributed by atoms with Crippen LogP contribution in [0.15, 0.2) is 12.5 Å². The number of aliphatic hydroxyl groups excluding tert-OH is 1. The Hall–Kier alpha value is -1.16. The fourth-order valence-corrected chi connectivity index (χ4v) is 1.97. The van der Waals surface area contributed by atoms with Gasteiger partial charge in [0.2, 0.25) is 0 Å². The summed E-state index contributed by atoms with van der Waals surface area (Å²) < 4.78 is 0. The van der Waals surface area contributed by atoms with Crippen LogP contribution in [0.2, 0.25) is 0 Å². The first-order chi connectivity index (χ1) is 7.31. The SMILES string of the molecule is CC1CCN(c2ncncc2CO)CC1. The zero-order chi connectivity index (χ0) is 10.7. The van der Waals surface area contributed by atoms with Gasteiger partial charge in [-0.2, -0.15) is 0 Å². The van der Waals surface area contributed by atoms with Crippen molar-refractivity contribution in [1.29, 1.82) is 0 Å². The van der Waals surface area contributed by atoms with Gasteiger partial charge in [0.15, 0.2) is 0 Å². The zero-order valence-corrected chi connectivity index (χ0v) is 9.06. The second kappa shape index (κ2) is 4.57. The van der Waals surface area contributed by atoms with Crippen molar-refractivity contribution in [1.82, 2.24) is 9.97 Å². The maximum absolute atomic E-state index is 9.19. The van der Waals surface area contributed by atoms with Gasteiger partial charge < -0.3 is 10.0 Å². The van der Waals surface area contributed by atoms with E-state index >= 15 is 0 Å². The first-order valence-corrected chi connectivity index (χ1v) is 5.46. The number of aliphatic hydroxyl groups is 1. The van der Waals surface area contributed by atoms with E-state index in [4.69, 9.17) is 0 Å². The van der Waals surface area contributed by atoms with E-state index in [1.54, 1.807) is 12.5 Å². The van der Waals surface area contributed by atoms with Crippen LogP contribution >= 0.6 is 0 Å². The number of rotatable bonds is 2. The Kier molecular flexibility index (Phi) is 3.16.